The summed E-state index contributed by atoms with van der Waals surface area (Å²) in [4.78, 5) is 34.2. The molecule has 6 nitrogen and oxygen atoms in total. The first kappa shape index (κ1) is 21.4. The maximum atomic E-state index is 11.7. The summed E-state index contributed by atoms with van der Waals surface area (Å²) in [5.74, 6) is -1.12. The predicted molar refractivity (Wildman–Crippen MR) is 85.8 cm³/mol. The molecule has 0 aliphatic carbocycles. The number of rotatable bonds is 13. The molecule has 0 spiro atoms. The van der Waals surface area contributed by atoms with E-state index in [4.69, 9.17) is 14.2 Å². The zero-order valence-electron chi connectivity index (χ0n) is 14.6. The van der Waals surface area contributed by atoms with Gasteiger partial charge in [-0.05, 0) is 6.42 Å². The van der Waals surface area contributed by atoms with Crippen LogP contribution >= 0.6 is 0 Å². The second-order valence-electron chi connectivity index (χ2n) is 5.35. The third kappa shape index (κ3) is 12.6. The zero-order chi connectivity index (χ0) is 17.5. The fourth-order valence-corrected chi connectivity index (χ4v) is 1.80. The Hall–Kier alpha value is -1.59. The standard InChI is InChI=1S/C17H30O6/c1-4-7-8-9-10-11-17(20)22-13-14(23-16(19)6-3)12-21-15(18)5-2/h14H,4-13H2,1-3H3. The summed E-state index contributed by atoms with van der Waals surface area (Å²) < 4.78 is 15.2. The van der Waals surface area contributed by atoms with Gasteiger partial charge in [0.1, 0.15) is 13.2 Å². The van der Waals surface area contributed by atoms with E-state index < -0.39 is 12.1 Å². The molecule has 0 saturated carbocycles. The van der Waals surface area contributed by atoms with Gasteiger partial charge < -0.3 is 14.2 Å². The predicted octanol–water partition coefficient (Wildman–Crippen LogP) is 3.17. The molecule has 0 aliphatic heterocycles. The summed E-state index contributed by atoms with van der Waals surface area (Å²) in [5, 5.41) is 0. The van der Waals surface area contributed by atoms with Gasteiger partial charge in [-0.1, -0.05) is 46.5 Å². The molecule has 0 aromatic carbocycles. The molecule has 1 atom stereocenters. The molecule has 0 saturated heterocycles. The number of carbonyl (C=O) groups is 3. The molecule has 134 valence electrons. The highest BCUT2D eigenvalue weighted by molar-refractivity contribution is 5.70. The Balaban J connectivity index is 4.07. The highest BCUT2D eigenvalue weighted by Gasteiger charge is 2.18. The molecule has 0 aromatic rings. The number of unbranched alkanes of at least 4 members (excludes halogenated alkanes) is 4. The Morgan fingerprint density at radius 1 is 0.739 bits per heavy atom. The van der Waals surface area contributed by atoms with Gasteiger partial charge in [-0.15, -0.1) is 0 Å². The molecule has 23 heavy (non-hydrogen) atoms. The van der Waals surface area contributed by atoms with Gasteiger partial charge in [0.05, 0.1) is 0 Å². The zero-order valence-corrected chi connectivity index (χ0v) is 14.6. The van der Waals surface area contributed by atoms with Gasteiger partial charge in [-0.3, -0.25) is 14.4 Å². The van der Waals surface area contributed by atoms with Crippen molar-refractivity contribution in [3.8, 4) is 0 Å². The van der Waals surface area contributed by atoms with Crippen LogP contribution in [0.1, 0.15) is 72.1 Å². The van der Waals surface area contributed by atoms with Crippen molar-refractivity contribution in [1.29, 1.82) is 0 Å². The van der Waals surface area contributed by atoms with Gasteiger partial charge in [0, 0.05) is 19.3 Å². The van der Waals surface area contributed by atoms with E-state index in [0.29, 0.717) is 6.42 Å². The lowest BCUT2D eigenvalue weighted by molar-refractivity contribution is -0.166. The van der Waals surface area contributed by atoms with Crippen molar-refractivity contribution < 1.29 is 28.6 Å². The molecule has 0 rings (SSSR count). The average molecular weight is 330 g/mol. The number of hydrogen-bond donors (Lipinski definition) is 0. The van der Waals surface area contributed by atoms with Gasteiger partial charge >= 0.3 is 17.9 Å². The van der Waals surface area contributed by atoms with Crippen molar-refractivity contribution in [2.24, 2.45) is 0 Å². The molecule has 1 unspecified atom stereocenters. The highest BCUT2D eigenvalue weighted by atomic mass is 16.6. The lowest BCUT2D eigenvalue weighted by Gasteiger charge is -2.17. The van der Waals surface area contributed by atoms with E-state index in [0.717, 1.165) is 25.7 Å². The molecule has 6 heteroatoms. The molecule has 0 bridgehead atoms. The summed E-state index contributed by atoms with van der Waals surface area (Å²) >= 11 is 0. The second kappa shape index (κ2) is 14.0. The monoisotopic (exact) mass is 330 g/mol. The van der Waals surface area contributed by atoms with Crippen LogP contribution in [-0.2, 0) is 28.6 Å². The van der Waals surface area contributed by atoms with Crippen molar-refractivity contribution in [1.82, 2.24) is 0 Å². The SMILES string of the molecule is CCCCCCCC(=O)OCC(COC(=O)CC)OC(=O)CC. The fraction of sp³-hybridized carbons (Fsp3) is 0.824. The van der Waals surface area contributed by atoms with E-state index in [1.807, 2.05) is 0 Å². The highest BCUT2D eigenvalue weighted by Crippen LogP contribution is 2.07. The lowest BCUT2D eigenvalue weighted by Crippen LogP contribution is -2.30. The van der Waals surface area contributed by atoms with Crippen LogP contribution < -0.4 is 0 Å². The molecular formula is C17H30O6. The molecule has 0 aromatic heterocycles. The first-order chi connectivity index (χ1) is 11.0. The number of carbonyl (C=O) groups excluding carboxylic acids is 3. The van der Waals surface area contributed by atoms with Crippen molar-refractivity contribution in [2.75, 3.05) is 13.2 Å². The summed E-state index contributed by atoms with van der Waals surface area (Å²) in [6, 6.07) is 0. The largest absolute Gasteiger partial charge is 0.462 e. The number of hydrogen-bond acceptors (Lipinski definition) is 6. The Bertz CT molecular complexity index is 353. The van der Waals surface area contributed by atoms with Gasteiger partial charge in [0.25, 0.3) is 0 Å². The maximum Gasteiger partial charge on any atom is 0.306 e. The van der Waals surface area contributed by atoms with Crippen LogP contribution in [0.2, 0.25) is 0 Å². The van der Waals surface area contributed by atoms with E-state index in [-0.39, 0.29) is 38.0 Å². The second-order valence-corrected chi connectivity index (χ2v) is 5.35. The Morgan fingerprint density at radius 3 is 1.87 bits per heavy atom. The van der Waals surface area contributed by atoms with Gasteiger partial charge in [-0.25, -0.2) is 0 Å². The smallest absolute Gasteiger partial charge is 0.306 e. The lowest BCUT2D eigenvalue weighted by atomic mass is 10.1. The molecule has 0 amide bonds. The van der Waals surface area contributed by atoms with E-state index >= 15 is 0 Å². The van der Waals surface area contributed by atoms with Crippen LogP contribution in [0.15, 0.2) is 0 Å². The normalized spacial score (nSPS) is 11.6. The minimum atomic E-state index is -0.748. The van der Waals surface area contributed by atoms with Gasteiger partial charge in [-0.2, -0.15) is 0 Å². The van der Waals surface area contributed by atoms with Crippen molar-refractivity contribution >= 4 is 17.9 Å². The Kier molecular flexibility index (Phi) is 13.1. The van der Waals surface area contributed by atoms with E-state index in [2.05, 4.69) is 6.92 Å². The molecular weight excluding hydrogens is 300 g/mol. The van der Waals surface area contributed by atoms with Crippen LogP contribution in [0.4, 0.5) is 0 Å². The van der Waals surface area contributed by atoms with Crippen LogP contribution in [0.5, 0.6) is 0 Å². The third-order valence-electron chi connectivity index (χ3n) is 3.22. The number of esters is 3. The summed E-state index contributed by atoms with van der Waals surface area (Å²) in [7, 11) is 0. The first-order valence-corrected chi connectivity index (χ1v) is 8.54. The van der Waals surface area contributed by atoms with E-state index in [1.54, 1.807) is 13.8 Å². The number of ether oxygens (including phenoxy) is 3. The minimum Gasteiger partial charge on any atom is -0.462 e. The molecule has 0 aliphatic rings. The first-order valence-electron chi connectivity index (χ1n) is 8.54. The minimum absolute atomic E-state index is 0.0868. The summed E-state index contributed by atoms with van der Waals surface area (Å²) in [6.07, 6.45) is 5.31. The average Bonchev–Trinajstić information content (AvgIpc) is 2.56. The van der Waals surface area contributed by atoms with Crippen molar-refractivity contribution in [2.45, 2.75) is 78.2 Å². The molecule has 0 fully saturated rings. The molecule has 0 N–H and O–H groups in total. The molecule has 0 radical (unpaired) electrons. The third-order valence-corrected chi connectivity index (χ3v) is 3.22. The Morgan fingerprint density at radius 2 is 1.30 bits per heavy atom. The summed E-state index contributed by atoms with van der Waals surface area (Å²) in [6.45, 7) is 5.30. The van der Waals surface area contributed by atoms with Gasteiger partial charge in [0.2, 0.25) is 0 Å². The van der Waals surface area contributed by atoms with E-state index in [1.165, 1.54) is 6.42 Å². The van der Waals surface area contributed by atoms with E-state index in [9.17, 15) is 14.4 Å². The van der Waals surface area contributed by atoms with Crippen molar-refractivity contribution in [3.63, 3.8) is 0 Å². The fourth-order valence-electron chi connectivity index (χ4n) is 1.80. The summed E-state index contributed by atoms with van der Waals surface area (Å²) in [5.41, 5.74) is 0. The van der Waals surface area contributed by atoms with Crippen LogP contribution in [0.25, 0.3) is 0 Å². The molecule has 0 heterocycles. The quantitative estimate of drug-likeness (QED) is 0.293. The van der Waals surface area contributed by atoms with Crippen LogP contribution in [0, 0.1) is 0 Å². The Labute approximate surface area is 138 Å². The van der Waals surface area contributed by atoms with Crippen LogP contribution in [-0.4, -0.2) is 37.2 Å². The van der Waals surface area contributed by atoms with Crippen LogP contribution in [0.3, 0.4) is 0 Å². The van der Waals surface area contributed by atoms with Gasteiger partial charge in [0.15, 0.2) is 6.10 Å². The maximum absolute atomic E-state index is 11.7. The van der Waals surface area contributed by atoms with Crippen molar-refractivity contribution in [3.05, 3.63) is 0 Å². The topological polar surface area (TPSA) is 78.9 Å².